The van der Waals surface area contributed by atoms with Crippen LogP contribution in [0.5, 0.6) is 0 Å². The van der Waals surface area contributed by atoms with Crippen molar-refractivity contribution < 1.29 is 0 Å². The molecule has 1 aliphatic heterocycles. The fourth-order valence-corrected chi connectivity index (χ4v) is 1.87. The number of nitrogens with zero attached hydrogens (tertiary/aromatic N) is 1. The Bertz CT molecular complexity index is 123. The van der Waals surface area contributed by atoms with E-state index in [0.29, 0.717) is 0 Å². The highest BCUT2D eigenvalue weighted by Crippen LogP contribution is 2.22. The maximum absolute atomic E-state index is 5.48. The molecule has 1 heterocycles. The van der Waals surface area contributed by atoms with E-state index in [1.54, 1.807) is 0 Å². The molecule has 0 amide bonds. The first-order valence-electron chi connectivity index (χ1n) is 5.16. The van der Waals surface area contributed by atoms with Crippen LogP contribution in [0, 0.1) is 11.8 Å². The smallest absolute Gasteiger partial charge is 0.000958 e. The molecular formula is C10H22N2. The van der Waals surface area contributed by atoms with E-state index in [2.05, 4.69) is 18.7 Å². The first-order valence-corrected chi connectivity index (χ1v) is 5.16. The van der Waals surface area contributed by atoms with Crippen LogP contribution in [0.25, 0.3) is 0 Å². The summed E-state index contributed by atoms with van der Waals surface area (Å²) in [6, 6.07) is 0. The molecule has 12 heavy (non-hydrogen) atoms. The maximum Gasteiger partial charge on any atom is 0.000958 e. The lowest BCUT2D eigenvalue weighted by Gasteiger charge is -2.35. The molecule has 1 fully saturated rings. The Kier molecular flexibility index (Phi) is 4.02. The van der Waals surface area contributed by atoms with E-state index < -0.39 is 0 Å². The highest BCUT2D eigenvalue weighted by Gasteiger charge is 2.21. The summed E-state index contributed by atoms with van der Waals surface area (Å²) < 4.78 is 0. The van der Waals surface area contributed by atoms with E-state index in [1.165, 1.54) is 26.1 Å². The van der Waals surface area contributed by atoms with Crippen molar-refractivity contribution in [3.63, 3.8) is 0 Å². The SMILES string of the molecule is CC1CCN(CCCN)CC1C. The Hall–Kier alpha value is -0.0800. The van der Waals surface area contributed by atoms with Crippen LogP contribution in [0.2, 0.25) is 0 Å². The highest BCUT2D eigenvalue weighted by molar-refractivity contribution is 4.74. The van der Waals surface area contributed by atoms with Gasteiger partial charge in [-0.1, -0.05) is 13.8 Å². The Labute approximate surface area is 76.1 Å². The summed E-state index contributed by atoms with van der Waals surface area (Å²) in [7, 11) is 0. The zero-order valence-electron chi connectivity index (χ0n) is 8.42. The van der Waals surface area contributed by atoms with Gasteiger partial charge in [0.2, 0.25) is 0 Å². The molecule has 0 saturated carbocycles. The van der Waals surface area contributed by atoms with Crippen molar-refractivity contribution in [2.24, 2.45) is 17.6 Å². The molecule has 0 bridgehead atoms. The van der Waals surface area contributed by atoms with Gasteiger partial charge in [0.25, 0.3) is 0 Å². The molecule has 1 rings (SSSR count). The van der Waals surface area contributed by atoms with Crippen molar-refractivity contribution in [2.75, 3.05) is 26.2 Å². The minimum atomic E-state index is 0.834. The molecular weight excluding hydrogens is 148 g/mol. The number of piperidine rings is 1. The minimum absolute atomic E-state index is 0.834. The number of rotatable bonds is 3. The van der Waals surface area contributed by atoms with Gasteiger partial charge in [0, 0.05) is 6.54 Å². The molecule has 2 N–H and O–H groups in total. The van der Waals surface area contributed by atoms with Crippen molar-refractivity contribution in [1.82, 2.24) is 4.90 Å². The summed E-state index contributed by atoms with van der Waals surface area (Å²) in [4.78, 5) is 2.55. The first-order chi connectivity index (χ1) is 5.74. The van der Waals surface area contributed by atoms with E-state index in [9.17, 15) is 0 Å². The van der Waals surface area contributed by atoms with Crippen LogP contribution in [0.1, 0.15) is 26.7 Å². The van der Waals surface area contributed by atoms with Gasteiger partial charge in [-0.3, -0.25) is 0 Å². The Morgan fingerprint density at radius 1 is 1.33 bits per heavy atom. The van der Waals surface area contributed by atoms with Crippen molar-refractivity contribution >= 4 is 0 Å². The van der Waals surface area contributed by atoms with Gasteiger partial charge in [0.05, 0.1) is 0 Å². The predicted molar refractivity (Wildman–Crippen MR) is 53.1 cm³/mol. The normalized spacial score (nSPS) is 32.2. The summed E-state index contributed by atoms with van der Waals surface area (Å²) in [5.41, 5.74) is 5.48. The largest absolute Gasteiger partial charge is 0.330 e. The molecule has 1 aliphatic rings. The van der Waals surface area contributed by atoms with Crippen LogP contribution in [-0.2, 0) is 0 Å². The summed E-state index contributed by atoms with van der Waals surface area (Å²) in [6.07, 6.45) is 2.52. The molecule has 2 unspecified atom stereocenters. The van der Waals surface area contributed by atoms with Gasteiger partial charge in [0.15, 0.2) is 0 Å². The van der Waals surface area contributed by atoms with E-state index >= 15 is 0 Å². The summed E-state index contributed by atoms with van der Waals surface area (Å²) in [5.74, 6) is 1.79. The van der Waals surface area contributed by atoms with Crippen LogP contribution in [0.15, 0.2) is 0 Å². The maximum atomic E-state index is 5.48. The fraction of sp³-hybridized carbons (Fsp3) is 1.00. The fourth-order valence-electron chi connectivity index (χ4n) is 1.87. The number of nitrogens with two attached hydrogens (primary N) is 1. The number of hydrogen-bond donors (Lipinski definition) is 1. The van der Waals surface area contributed by atoms with Gasteiger partial charge in [-0.15, -0.1) is 0 Å². The van der Waals surface area contributed by atoms with Crippen LogP contribution >= 0.6 is 0 Å². The second-order valence-corrected chi connectivity index (χ2v) is 4.19. The quantitative estimate of drug-likeness (QED) is 0.692. The van der Waals surface area contributed by atoms with E-state index in [4.69, 9.17) is 5.73 Å². The minimum Gasteiger partial charge on any atom is -0.330 e. The van der Waals surface area contributed by atoms with Gasteiger partial charge in [0.1, 0.15) is 0 Å². The molecule has 2 nitrogen and oxygen atoms in total. The zero-order chi connectivity index (χ0) is 8.97. The van der Waals surface area contributed by atoms with Crippen LogP contribution in [-0.4, -0.2) is 31.1 Å². The van der Waals surface area contributed by atoms with Crippen molar-refractivity contribution in [1.29, 1.82) is 0 Å². The van der Waals surface area contributed by atoms with Crippen LogP contribution in [0.4, 0.5) is 0 Å². The van der Waals surface area contributed by atoms with Crippen LogP contribution < -0.4 is 5.73 Å². The van der Waals surface area contributed by atoms with Gasteiger partial charge in [-0.2, -0.15) is 0 Å². The molecule has 0 aromatic carbocycles. The van der Waals surface area contributed by atoms with E-state index in [-0.39, 0.29) is 0 Å². The van der Waals surface area contributed by atoms with Gasteiger partial charge < -0.3 is 10.6 Å². The van der Waals surface area contributed by atoms with Gasteiger partial charge in [-0.25, -0.2) is 0 Å². The molecule has 0 spiro atoms. The second kappa shape index (κ2) is 4.83. The second-order valence-electron chi connectivity index (χ2n) is 4.19. The average molecular weight is 170 g/mol. The third-order valence-corrected chi connectivity index (χ3v) is 3.10. The third kappa shape index (κ3) is 2.76. The van der Waals surface area contributed by atoms with E-state index in [0.717, 1.165) is 24.8 Å². The Morgan fingerprint density at radius 3 is 2.67 bits per heavy atom. The molecule has 72 valence electrons. The van der Waals surface area contributed by atoms with Crippen molar-refractivity contribution in [3.8, 4) is 0 Å². The topological polar surface area (TPSA) is 29.3 Å². The number of hydrogen-bond acceptors (Lipinski definition) is 2. The highest BCUT2D eigenvalue weighted by atomic mass is 15.1. The lowest BCUT2D eigenvalue weighted by Crippen LogP contribution is -2.39. The molecule has 2 heteroatoms. The van der Waals surface area contributed by atoms with Gasteiger partial charge >= 0.3 is 0 Å². The lowest BCUT2D eigenvalue weighted by molar-refractivity contribution is 0.138. The Morgan fingerprint density at radius 2 is 2.08 bits per heavy atom. The molecule has 1 saturated heterocycles. The third-order valence-electron chi connectivity index (χ3n) is 3.10. The zero-order valence-corrected chi connectivity index (χ0v) is 8.42. The molecule has 0 radical (unpaired) electrons. The first kappa shape index (κ1) is 10.0. The standard InChI is InChI=1S/C10H22N2/c1-9-4-7-12(6-3-5-11)8-10(9)2/h9-10H,3-8,11H2,1-2H3. The average Bonchev–Trinajstić information content (AvgIpc) is 2.07. The molecule has 0 aromatic heterocycles. The van der Waals surface area contributed by atoms with Crippen molar-refractivity contribution in [3.05, 3.63) is 0 Å². The summed E-state index contributed by atoms with van der Waals surface area (Å²) in [6.45, 7) is 9.32. The summed E-state index contributed by atoms with van der Waals surface area (Å²) >= 11 is 0. The number of likely N-dealkylation sites (tertiary alicyclic amines) is 1. The van der Waals surface area contributed by atoms with E-state index in [1.807, 2.05) is 0 Å². The van der Waals surface area contributed by atoms with Crippen LogP contribution in [0.3, 0.4) is 0 Å². The molecule has 2 atom stereocenters. The summed E-state index contributed by atoms with van der Waals surface area (Å²) in [5, 5.41) is 0. The molecule has 0 aromatic rings. The Balaban J connectivity index is 2.21. The predicted octanol–water partition coefficient (Wildman–Crippen LogP) is 1.31. The van der Waals surface area contributed by atoms with Gasteiger partial charge in [-0.05, 0) is 44.3 Å². The van der Waals surface area contributed by atoms with Crippen molar-refractivity contribution in [2.45, 2.75) is 26.7 Å². The lowest BCUT2D eigenvalue weighted by atomic mass is 9.89. The monoisotopic (exact) mass is 170 g/mol. The molecule has 0 aliphatic carbocycles.